The topological polar surface area (TPSA) is 75.0 Å². The number of anilines is 1. The van der Waals surface area contributed by atoms with Crippen LogP contribution in [0.2, 0.25) is 0 Å². The first-order chi connectivity index (χ1) is 13.7. The van der Waals surface area contributed by atoms with Crippen molar-refractivity contribution in [1.29, 1.82) is 5.26 Å². The molecule has 5 nitrogen and oxygen atoms in total. The lowest BCUT2D eigenvalue weighted by Crippen LogP contribution is -2.11. The molecule has 0 aliphatic rings. The highest BCUT2D eigenvalue weighted by atomic mass is 32.2. The summed E-state index contributed by atoms with van der Waals surface area (Å²) in [5.74, 6) is 1.48. The SMILES string of the molecule is COc1ccc(SCCC(=O)Nc2ncc(Cc3ccc(C#N)cc3)s2)cc1. The van der Waals surface area contributed by atoms with E-state index in [1.54, 1.807) is 37.2 Å². The monoisotopic (exact) mass is 409 g/mol. The maximum Gasteiger partial charge on any atom is 0.226 e. The summed E-state index contributed by atoms with van der Waals surface area (Å²) in [7, 11) is 1.64. The number of ether oxygens (including phenoxy) is 1. The van der Waals surface area contributed by atoms with Crippen LogP contribution in [0.1, 0.15) is 22.4 Å². The smallest absolute Gasteiger partial charge is 0.226 e. The minimum Gasteiger partial charge on any atom is -0.497 e. The highest BCUT2D eigenvalue weighted by molar-refractivity contribution is 7.99. The Morgan fingerprint density at radius 1 is 1.21 bits per heavy atom. The van der Waals surface area contributed by atoms with E-state index < -0.39 is 0 Å². The summed E-state index contributed by atoms with van der Waals surface area (Å²) in [6.07, 6.45) is 2.93. The summed E-state index contributed by atoms with van der Waals surface area (Å²) in [5, 5.41) is 12.3. The van der Waals surface area contributed by atoms with Crippen molar-refractivity contribution >= 4 is 34.1 Å². The number of nitriles is 1. The Morgan fingerprint density at radius 3 is 2.64 bits per heavy atom. The van der Waals surface area contributed by atoms with Crippen molar-refractivity contribution in [2.75, 3.05) is 18.2 Å². The Morgan fingerprint density at radius 2 is 1.96 bits per heavy atom. The van der Waals surface area contributed by atoms with Crippen molar-refractivity contribution in [3.8, 4) is 11.8 Å². The maximum absolute atomic E-state index is 12.1. The van der Waals surface area contributed by atoms with E-state index in [0.717, 1.165) is 27.5 Å². The summed E-state index contributed by atoms with van der Waals surface area (Å²) >= 11 is 3.10. The summed E-state index contributed by atoms with van der Waals surface area (Å²) < 4.78 is 5.14. The molecule has 1 N–H and O–H groups in total. The fraction of sp³-hybridized carbons (Fsp3) is 0.190. The van der Waals surface area contributed by atoms with Crippen LogP contribution in [0.5, 0.6) is 5.75 Å². The minimum absolute atomic E-state index is 0.0414. The molecule has 7 heteroatoms. The van der Waals surface area contributed by atoms with Crippen LogP contribution in [0, 0.1) is 11.3 Å². The molecule has 142 valence electrons. The number of methoxy groups -OCH3 is 1. The predicted octanol–water partition coefficient (Wildman–Crippen LogP) is 4.74. The van der Waals surface area contributed by atoms with Crippen molar-refractivity contribution < 1.29 is 9.53 Å². The molecule has 0 spiro atoms. The number of carbonyl (C=O) groups is 1. The molecular formula is C21H19N3O2S2. The number of benzene rings is 2. The molecule has 1 heterocycles. The van der Waals surface area contributed by atoms with Gasteiger partial charge in [0.05, 0.1) is 18.7 Å². The van der Waals surface area contributed by atoms with Gasteiger partial charge in [-0.05, 0) is 42.0 Å². The highest BCUT2D eigenvalue weighted by Crippen LogP contribution is 2.23. The Bertz CT molecular complexity index is 961. The lowest BCUT2D eigenvalue weighted by molar-refractivity contribution is -0.115. The second kappa shape index (κ2) is 9.93. The third-order valence-corrected chi connectivity index (χ3v) is 5.85. The number of amides is 1. The molecule has 0 unspecified atom stereocenters. The molecule has 28 heavy (non-hydrogen) atoms. The van der Waals surface area contributed by atoms with E-state index in [2.05, 4.69) is 16.4 Å². The van der Waals surface area contributed by atoms with E-state index in [9.17, 15) is 4.79 Å². The Balaban J connectivity index is 1.44. The fourth-order valence-electron chi connectivity index (χ4n) is 2.46. The van der Waals surface area contributed by atoms with Gasteiger partial charge >= 0.3 is 0 Å². The number of aromatic nitrogens is 1. The van der Waals surface area contributed by atoms with Crippen LogP contribution in [0.4, 0.5) is 5.13 Å². The van der Waals surface area contributed by atoms with E-state index in [-0.39, 0.29) is 5.91 Å². The Kier molecular flexibility index (Phi) is 7.06. The summed E-state index contributed by atoms with van der Waals surface area (Å²) in [6.45, 7) is 0. The van der Waals surface area contributed by atoms with Crippen LogP contribution in [-0.4, -0.2) is 23.8 Å². The van der Waals surface area contributed by atoms with Gasteiger partial charge in [0.15, 0.2) is 5.13 Å². The standard InChI is InChI=1S/C21H19N3O2S2/c1-26-17-6-8-18(9-7-17)27-11-10-20(25)24-21-23-14-19(28-21)12-15-2-4-16(13-22)5-3-15/h2-9,14H,10-12H2,1H3,(H,23,24,25). The van der Waals surface area contributed by atoms with Crippen molar-refractivity contribution in [3.63, 3.8) is 0 Å². The molecule has 1 aromatic heterocycles. The number of nitrogens with zero attached hydrogens (tertiary/aromatic N) is 2. The number of hydrogen-bond donors (Lipinski definition) is 1. The molecule has 3 aromatic rings. The normalized spacial score (nSPS) is 10.3. The van der Waals surface area contributed by atoms with Crippen molar-refractivity contribution in [3.05, 3.63) is 70.7 Å². The van der Waals surface area contributed by atoms with E-state index >= 15 is 0 Å². The minimum atomic E-state index is -0.0414. The summed E-state index contributed by atoms with van der Waals surface area (Å²) in [4.78, 5) is 18.6. The first-order valence-electron chi connectivity index (χ1n) is 8.67. The van der Waals surface area contributed by atoms with E-state index in [1.165, 1.54) is 11.3 Å². The van der Waals surface area contributed by atoms with E-state index in [4.69, 9.17) is 10.00 Å². The molecule has 0 bridgehead atoms. The van der Waals surface area contributed by atoms with Gasteiger partial charge in [0.25, 0.3) is 0 Å². The number of nitrogens with one attached hydrogen (secondary N) is 1. The van der Waals surface area contributed by atoms with Crippen LogP contribution >= 0.6 is 23.1 Å². The Labute approximate surface area is 172 Å². The molecule has 1 amide bonds. The van der Waals surface area contributed by atoms with Crippen LogP contribution in [0.25, 0.3) is 0 Å². The first-order valence-corrected chi connectivity index (χ1v) is 10.5. The molecule has 0 fully saturated rings. The van der Waals surface area contributed by atoms with Crippen molar-refractivity contribution in [2.24, 2.45) is 0 Å². The number of hydrogen-bond acceptors (Lipinski definition) is 6. The lowest BCUT2D eigenvalue weighted by atomic mass is 10.1. The van der Waals surface area contributed by atoms with Crippen molar-refractivity contribution in [1.82, 2.24) is 4.98 Å². The zero-order valence-electron chi connectivity index (χ0n) is 15.3. The van der Waals surface area contributed by atoms with Gasteiger partial charge in [-0.2, -0.15) is 5.26 Å². The predicted molar refractivity (Wildman–Crippen MR) is 113 cm³/mol. The molecule has 0 radical (unpaired) electrons. The quantitative estimate of drug-likeness (QED) is 0.544. The Hall–Kier alpha value is -2.82. The molecule has 0 aliphatic heterocycles. The second-order valence-corrected chi connectivity index (χ2v) is 8.22. The molecular weight excluding hydrogens is 390 g/mol. The second-order valence-electron chi connectivity index (χ2n) is 5.94. The molecule has 0 aliphatic carbocycles. The lowest BCUT2D eigenvalue weighted by Gasteiger charge is -2.04. The number of carbonyl (C=O) groups excluding carboxylic acids is 1. The van der Waals surface area contributed by atoms with Gasteiger partial charge < -0.3 is 10.1 Å². The third-order valence-electron chi connectivity index (χ3n) is 3.92. The van der Waals surface area contributed by atoms with E-state index in [1.807, 2.05) is 36.4 Å². The maximum atomic E-state index is 12.1. The number of thioether (sulfide) groups is 1. The van der Waals surface area contributed by atoms with Crippen LogP contribution in [0.15, 0.2) is 59.6 Å². The highest BCUT2D eigenvalue weighted by Gasteiger charge is 2.08. The van der Waals surface area contributed by atoms with Gasteiger partial charge in [0.1, 0.15) is 5.75 Å². The molecule has 3 rings (SSSR count). The van der Waals surface area contributed by atoms with Crippen molar-refractivity contribution in [2.45, 2.75) is 17.7 Å². The largest absolute Gasteiger partial charge is 0.497 e. The summed E-state index contributed by atoms with van der Waals surface area (Å²) in [6, 6.07) is 17.4. The van der Waals surface area contributed by atoms with Gasteiger partial charge in [-0.3, -0.25) is 4.79 Å². The number of rotatable bonds is 8. The molecule has 0 atom stereocenters. The third kappa shape index (κ3) is 5.84. The zero-order valence-corrected chi connectivity index (χ0v) is 17.0. The van der Waals surface area contributed by atoms with Gasteiger partial charge in [0.2, 0.25) is 5.91 Å². The first kappa shape index (κ1) is 19.9. The van der Waals surface area contributed by atoms with Gasteiger partial charge in [-0.25, -0.2) is 4.98 Å². The molecule has 0 saturated carbocycles. The van der Waals surface area contributed by atoms with Crippen LogP contribution in [0.3, 0.4) is 0 Å². The number of thiazole rings is 1. The molecule has 2 aromatic carbocycles. The zero-order chi connectivity index (χ0) is 19.8. The summed E-state index contributed by atoms with van der Waals surface area (Å²) in [5.41, 5.74) is 1.75. The van der Waals surface area contributed by atoms with Gasteiger partial charge in [0, 0.05) is 34.6 Å². The van der Waals surface area contributed by atoms with Crippen LogP contribution < -0.4 is 10.1 Å². The average Bonchev–Trinajstić information content (AvgIpc) is 3.15. The van der Waals surface area contributed by atoms with E-state index in [0.29, 0.717) is 22.9 Å². The fourth-order valence-corrected chi connectivity index (χ4v) is 4.18. The van der Waals surface area contributed by atoms with Gasteiger partial charge in [-0.15, -0.1) is 23.1 Å². The molecule has 0 saturated heterocycles. The van der Waals surface area contributed by atoms with Gasteiger partial charge in [-0.1, -0.05) is 12.1 Å². The average molecular weight is 410 g/mol. The van der Waals surface area contributed by atoms with Crippen LogP contribution in [-0.2, 0) is 11.2 Å².